The van der Waals surface area contributed by atoms with Crippen molar-refractivity contribution in [3.8, 4) is 11.5 Å². The van der Waals surface area contributed by atoms with E-state index in [1.165, 1.54) is 6.92 Å². The minimum atomic E-state index is -0.0996. The zero-order valence-corrected chi connectivity index (χ0v) is 15.6. The lowest BCUT2D eigenvalue weighted by molar-refractivity contribution is -0.885. The summed E-state index contributed by atoms with van der Waals surface area (Å²) in [7, 11) is 5.10. The highest BCUT2D eigenvalue weighted by Gasteiger charge is 2.15. The monoisotopic (exact) mass is 357 g/mol. The second-order valence-corrected chi connectivity index (χ2v) is 6.17. The number of ether oxygens (including phenoxy) is 2. The van der Waals surface area contributed by atoms with E-state index in [1.807, 2.05) is 31.3 Å². The van der Waals surface area contributed by atoms with Crippen LogP contribution in [0.5, 0.6) is 11.5 Å². The zero-order valence-electron chi connectivity index (χ0n) is 15.6. The maximum atomic E-state index is 12.3. The van der Waals surface area contributed by atoms with Crippen LogP contribution in [0.25, 0.3) is 0 Å². The number of carbonyl (C=O) groups excluding carboxylic acids is 2. The minimum Gasteiger partial charge on any atom is -0.497 e. The van der Waals surface area contributed by atoms with Gasteiger partial charge in [-0.15, -0.1) is 0 Å². The Morgan fingerprint density at radius 1 is 1.08 bits per heavy atom. The smallest absolute Gasteiger partial charge is 0.279 e. The lowest BCUT2D eigenvalue weighted by atomic mass is 10.1. The molecule has 6 heteroatoms. The van der Waals surface area contributed by atoms with Crippen LogP contribution in [-0.2, 0) is 11.3 Å². The van der Waals surface area contributed by atoms with Crippen molar-refractivity contribution in [2.75, 3.05) is 33.1 Å². The second kappa shape index (κ2) is 9.01. The molecule has 0 radical (unpaired) electrons. The maximum Gasteiger partial charge on any atom is 0.279 e. The lowest BCUT2D eigenvalue weighted by Crippen LogP contribution is -3.08. The number of carbonyl (C=O) groups is 2. The van der Waals surface area contributed by atoms with Crippen LogP contribution in [0.3, 0.4) is 0 Å². The summed E-state index contributed by atoms with van der Waals surface area (Å²) in [6.07, 6.45) is 0. The highest BCUT2D eigenvalue weighted by atomic mass is 16.5. The molecule has 0 aromatic heterocycles. The van der Waals surface area contributed by atoms with Crippen LogP contribution in [0.1, 0.15) is 22.8 Å². The number of Topliss-reactive ketones (excluding diaryl/α,β-unsaturated/α-hetero) is 1. The molecule has 26 heavy (non-hydrogen) atoms. The van der Waals surface area contributed by atoms with Crippen LogP contribution < -0.4 is 19.7 Å². The van der Waals surface area contributed by atoms with Crippen LogP contribution in [-0.4, -0.2) is 39.5 Å². The fraction of sp³-hybridized carbons (Fsp3) is 0.300. The Labute approximate surface area is 153 Å². The molecular weight excluding hydrogens is 332 g/mol. The van der Waals surface area contributed by atoms with E-state index >= 15 is 0 Å². The molecule has 0 aliphatic carbocycles. The summed E-state index contributed by atoms with van der Waals surface area (Å²) in [5.41, 5.74) is 2.22. The van der Waals surface area contributed by atoms with Gasteiger partial charge >= 0.3 is 0 Å². The Morgan fingerprint density at radius 2 is 1.85 bits per heavy atom. The highest BCUT2D eigenvalue weighted by molar-refractivity contribution is 5.94. The van der Waals surface area contributed by atoms with Gasteiger partial charge in [-0.1, -0.05) is 6.07 Å². The summed E-state index contributed by atoms with van der Waals surface area (Å²) in [4.78, 5) is 24.9. The Balaban J connectivity index is 2.01. The number of amides is 1. The number of quaternary nitrogens is 1. The summed E-state index contributed by atoms with van der Waals surface area (Å²) in [6, 6.07) is 12.6. The van der Waals surface area contributed by atoms with Crippen molar-refractivity contribution < 1.29 is 24.0 Å². The average Bonchev–Trinajstić information content (AvgIpc) is 2.61. The van der Waals surface area contributed by atoms with Gasteiger partial charge in [0.1, 0.15) is 18.0 Å². The van der Waals surface area contributed by atoms with Gasteiger partial charge in [-0.05, 0) is 37.3 Å². The zero-order chi connectivity index (χ0) is 19.1. The predicted octanol–water partition coefficient (Wildman–Crippen LogP) is 1.56. The Morgan fingerprint density at radius 3 is 2.50 bits per heavy atom. The van der Waals surface area contributed by atoms with Gasteiger partial charge in [-0.3, -0.25) is 9.59 Å². The summed E-state index contributed by atoms with van der Waals surface area (Å²) in [5.74, 6) is 1.30. The standard InChI is InChI=1S/C20H24N2O4/c1-14(23)15-8-9-19(26-4)16(10-15)12-22(2)13-20(24)21-17-6-5-7-18(11-17)25-3/h5-11H,12-13H2,1-4H3,(H,21,24)/p+1. The van der Waals surface area contributed by atoms with E-state index in [9.17, 15) is 9.59 Å². The van der Waals surface area contributed by atoms with E-state index in [0.717, 1.165) is 10.5 Å². The number of anilines is 1. The molecule has 0 aliphatic heterocycles. The Kier molecular flexibility index (Phi) is 6.74. The summed E-state index contributed by atoms with van der Waals surface area (Å²) < 4.78 is 10.5. The van der Waals surface area contributed by atoms with Crippen LogP contribution in [0, 0.1) is 0 Å². The van der Waals surface area contributed by atoms with E-state index in [2.05, 4.69) is 5.32 Å². The number of methoxy groups -OCH3 is 2. The van der Waals surface area contributed by atoms with Gasteiger partial charge in [0.2, 0.25) is 0 Å². The maximum absolute atomic E-state index is 12.3. The quantitative estimate of drug-likeness (QED) is 0.704. The van der Waals surface area contributed by atoms with Crippen LogP contribution >= 0.6 is 0 Å². The minimum absolute atomic E-state index is 0.00215. The summed E-state index contributed by atoms with van der Waals surface area (Å²) in [5, 5.41) is 2.87. The average molecular weight is 357 g/mol. The molecule has 138 valence electrons. The number of ketones is 1. The fourth-order valence-corrected chi connectivity index (χ4v) is 2.70. The molecule has 0 saturated heterocycles. The molecule has 0 spiro atoms. The highest BCUT2D eigenvalue weighted by Crippen LogP contribution is 2.19. The fourth-order valence-electron chi connectivity index (χ4n) is 2.70. The van der Waals surface area contributed by atoms with Crippen molar-refractivity contribution >= 4 is 17.4 Å². The number of likely N-dealkylation sites (N-methyl/N-ethyl adjacent to an activating group) is 1. The number of nitrogens with one attached hydrogen (secondary N) is 2. The largest absolute Gasteiger partial charge is 0.497 e. The van der Waals surface area contributed by atoms with E-state index < -0.39 is 0 Å². The van der Waals surface area contributed by atoms with Crippen molar-refractivity contribution in [3.63, 3.8) is 0 Å². The van der Waals surface area contributed by atoms with E-state index in [-0.39, 0.29) is 18.2 Å². The number of benzene rings is 2. The molecule has 2 N–H and O–H groups in total. The molecule has 0 fully saturated rings. The third kappa shape index (κ3) is 5.32. The van der Waals surface area contributed by atoms with Crippen molar-refractivity contribution in [3.05, 3.63) is 53.6 Å². The molecule has 1 unspecified atom stereocenters. The van der Waals surface area contributed by atoms with Gasteiger partial charge in [0.25, 0.3) is 5.91 Å². The van der Waals surface area contributed by atoms with Crippen molar-refractivity contribution in [2.45, 2.75) is 13.5 Å². The van der Waals surface area contributed by atoms with Gasteiger partial charge < -0.3 is 19.7 Å². The van der Waals surface area contributed by atoms with E-state index in [1.54, 1.807) is 32.4 Å². The number of rotatable bonds is 8. The first-order valence-corrected chi connectivity index (χ1v) is 8.36. The van der Waals surface area contributed by atoms with Crippen molar-refractivity contribution in [2.24, 2.45) is 0 Å². The predicted molar refractivity (Wildman–Crippen MR) is 100 cm³/mol. The third-order valence-corrected chi connectivity index (χ3v) is 3.99. The Hall–Kier alpha value is -2.86. The number of hydrogen-bond donors (Lipinski definition) is 2. The molecule has 2 rings (SSSR count). The Bertz CT molecular complexity index is 789. The van der Waals surface area contributed by atoms with Gasteiger partial charge in [-0.25, -0.2) is 0 Å². The molecular formula is C20H25N2O4+. The van der Waals surface area contributed by atoms with E-state index in [4.69, 9.17) is 9.47 Å². The first-order valence-electron chi connectivity index (χ1n) is 8.36. The van der Waals surface area contributed by atoms with Crippen LogP contribution in [0.2, 0.25) is 0 Å². The molecule has 6 nitrogen and oxygen atoms in total. The topological polar surface area (TPSA) is 69.1 Å². The second-order valence-electron chi connectivity index (χ2n) is 6.17. The first-order chi connectivity index (χ1) is 12.4. The van der Waals surface area contributed by atoms with Crippen molar-refractivity contribution in [1.29, 1.82) is 0 Å². The van der Waals surface area contributed by atoms with Gasteiger partial charge in [-0.2, -0.15) is 0 Å². The molecule has 0 bridgehead atoms. The molecule has 2 aromatic rings. The third-order valence-electron chi connectivity index (χ3n) is 3.99. The van der Waals surface area contributed by atoms with Crippen LogP contribution in [0.15, 0.2) is 42.5 Å². The SMILES string of the molecule is COc1cccc(NC(=O)C[NH+](C)Cc2cc(C(C)=O)ccc2OC)c1. The molecule has 0 aliphatic rings. The first kappa shape index (κ1) is 19.5. The lowest BCUT2D eigenvalue weighted by Gasteiger charge is -2.16. The summed E-state index contributed by atoms with van der Waals surface area (Å²) in [6.45, 7) is 2.38. The van der Waals surface area contributed by atoms with Crippen LogP contribution in [0.4, 0.5) is 5.69 Å². The molecule has 0 heterocycles. The molecule has 0 saturated carbocycles. The summed E-state index contributed by atoms with van der Waals surface area (Å²) >= 11 is 0. The van der Waals surface area contributed by atoms with E-state index in [0.29, 0.717) is 29.3 Å². The molecule has 1 amide bonds. The molecule has 1 atom stereocenters. The van der Waals surface area contributed by atoms with Gasteiger partial charge in [0, 0.05) is 22.9 Å². The van der Waals surface area contributed by atoms with Gasteiger partial charge in [0.05, 0.1) is 21.3 Å². The van der Waals surface area contributed by atoms with Crippen molar-refractivity contribution in [1.82, 2.24) is 0 Å². The normalized spacial score (nSPS) is 11.5. The van der Waals surface area contributed by atoms with Gasteiger partial charge in [0.15, 0.2) is 12.3 Å². The number of hydrogen-bond acceptors (Lipinski definition) is 4. The molecule has 2 aromatic carbocycles.